The van der Waals surface area contributed by atoms with E-state index in [4.69, 9.17) is 12.4 Å². The minimum atomic E-state index is 0. The summed E-state index contributed by atoms with van der Waals surface area (Å²) in [6.45, 7) is 0. The molecule has 1 fully saturated rings. The maximum Gasteiger partial charge on any atom is 0.230 e. The minimum Gasteiger partial charge on any atom is -0.596 e. The van der Waals surface area contributed by atoms with Crippen molar-refractivity contribution in [3.8, 4) is 0 Å². The molecular formula is C12H15BNO2Y-. The Morgan fingerprint density at radius 2 is 2.41 bits per heavy atom. The molecule has 1 atom stereocenters. The van der Waals surface area contributed by atoms with Crippen molar-refractivity contribution in [2.45, 2.75) is 44.6 Å². The molecule has 1 unspecified atom stereocenters. The zero-order valence-corrected chi connectivity index (χ0v) is 12.7. The van der Waals surface area contributed by atoms with Crippen LogP contribution in [-0.2, 0) is 43.9 Å². The van der Waals surface area contributed by atoms with E-state index in [9.17, 15) is 4.79 Å². The first-order valence-electron chi connectivity index (χ1n) is 5.79. The standard InChI is InChI=1S/C12H15BNO2.Y/c13-14-10(5-2-8-12(14)15)4-1-6-11-7-3-9-16-11;/h3,7,10H,1-2,4-6,8H2;/q-1;. The summed E-state index contributed by atoms with van der Waals surface area (Å²) < 4.78 is 5.13. The number of nitrogens with zero attached hydrogens (tertiary/aromatic N) is 1. The van der Waals surface area contributed by atoms with Gasteiger partial charge in [-0.3, -0.25) is 4.79 Å². The number of carbonyl (C=O) groups is 1. The number of amides is 1. The Morgan fingerprint density at radius 3 is 3.12 bits per heavy atom. The number of furan rings is 1. The summed E-state index contributed by atoms with van der Waals surface area (Å²) in [6, 6.07) is 3.90. The molecule has 1 aliphatic heterocycles. The third-order valence-electron chi connectivity index (χ3n) is 3.10. The number of hydrogen-bond acceptors (Lipinski definition) is 2. The van der Waals surface area contributed by atoms with Crippen molar-refractivity contribution in [1.82, 2.24) is 4.81 Å². The van der Waals surface area contributed by atoms with Crippen molar-refractivity contribution in [1.29, 1.82) is 0 Å². The molecule has 3 nitrogen and oxygen atoms in total. The average Bonchev–Trinajstić information content (AvgIpc) is 2.77. The largest absolute Gasteiger partial charge is 0.596 e. The molecule has 3 radical (unpaired) electrons. The fourth-order valence-corrected chi connectivity index (χ4v) is 2.16. The van der Waals surface area contributed by atoms with E-state index in [1.54, 1.807) is 6.07 Å². The van der Waals surface area contributed by atoms with Gasteiger partial charge in [0, 0.05) is 45.2 Å². The van der Waals surface area contributed by atoms with Crippen molar-refractivity contribution in [2.75, 3.05) is 0 Å². The molecule has 0 saturated carbocycles. The molecule has 0 bridgehead atoms. The third-order valence-corrected chi connectivity index (χ3v) is 3.10. The average molecular weight is 305 g/mol. The molecule has 0 spiro atoms. The maximum atomic E-state index is 11.4. The Hall–Kier alpha value is -0.0812. The summed E-state index contributed by atoms with van der Waals surface area (Å²) in [7, 11) is 5.74. The van der Waals surface area contributed by atoms with Crippen molar-refractivity contribution >= 4 is 13.9 Å². The fourth-order valence-electron chi connectivity index (χ4n) is 2.16. The summed E-state index contributed by atoms with van der Waals surface area (Å²) in [6.07, 6.45) is 8.08. The molecule has 1 aromatic rings. The van der Waals surface area contributed by atoms with Gasteiger partial charge in [0.2, 0.25) is 13.9 Å². The van der Waals surface area contributed by atoms with Gasteiger partial charge in [-0.05, 0) is 25.5 Å². The molecule has 1 aliphatic rings. The predicted octanol–water partition coefficient (Wildman–Crippen LogP) is 1.86. The van der Waals surface area contributed by atoms with Gasteiger partial charge in [0.15, 0.2) is 0 Å². The number of carbonyl (C=O) groups excluding carboxylic acids is 1. The van der Waals surface area contributed by atoms with Crippen molar-refractivity contribution in [2.24, 2.45) is 0 Å². The normalized spacial score (nSPS) is 20.1. The van der Waals surface area contributed by atoms with Crippen LogP contribution in [0.2, 0.25) is 0 Å². The van der Waals surface area contributed by atoms with Crippen LogP contribution in [0.25, 0.3) is 0 Å². The van der Waals surface area contributed by atoms with Gasteiger partial charge in [-0.1, -0.05) is 18.6 Å². The monoisotopic (exact) mass is 305 g/mol. The van der Waals surface area contributed by atoms with Crippen LogP contribution >= 0.6 is 0 Å². The molecule has 5 heteroatoms. The van der Waals surface area contributed by atoms with Crippen LogP contribution in [0.1, 0.15) is 37.9 Å². The van der Waals surface area contributed by atoms with Gasteiger partial charge in [-0.15, -0.1) is 6.07 Å². The first-order chi connectivity index (χ1) is 7.77. The Morgan fingerprint density at radius 1 is 1.59 bits per heavy atom. The van der Waals surface area contributed by atoms with Gasteiger partial charge >= 0.3 is 0 Å². The van der Waals surface area contributed by atoms with E-state index in [0.29, 0.717) is 6.42 Å². The fraction of sp³-hybridized carbons (Fsp3) is 0.583. The summed E-state index contributed by atoms with van der Waals surface area (Å²) in [5, 5.41) is 0. The van der Waals surface area contributed by atoms with Gasteiger partial charge in [0.25, 0.3) is 0 Å². The SMILES string of the molecule is [B]N1C(=O)CCCC1CCCc1cc[c-]o1.[Y]. The molecule has 0 aromatic carbocycles. The molecule has 17 heavy (non-hydrogen) atoms. The quantitative estimate of drug-likeness (QED) is 0.628. The number of piperidine rings is 1. The maximum absolute atomic E-state index is 11.4. The van der Waals surface area contributed by atoms with E-state index < -0.39 is 0 Å². The van der Waals surface area contributed by atoms with E-state index in [1.165, 1.54) is 4.81 Å². The van der Waals surface area contributed by atoms with E-state index in [-0.39, 0.29) is 44.7 Å². The van der Waals surface area contributed by atoms with Crippen molar-refractivity contribution < 1.29 is 41.9 Å². The van der Waals surface area contributed by atoms with E-state index >= 15 is 0 Å². The zero-order chi connectivity index (χ0) is 11.4. The minimum absolute atomic E-state index is 0. The molecule has 87 valence electrons. The molecule has 1 aromatic heterocycles. The predicted molar refractivity (Wildman–Crippen MR) is 60.7 cm³/mol. The van der Waals surface area contributed by atoms with Gasteiger partial charge in [0.05, 0.1) is 0 Å². The molecule has 0 aliphatic carbocycles. The molecular weight excluding hydrogens is 290 g/mol. The molecule has 0 N–H and O–H groups in total. The number of hydrogen-bond donors (Lipinski definition) is 0. The van der Waals surface area contributed by atoms with Crippen LogP contribution in [0.15, 0.2) is 16.5 Å². The molecule has 1 saturated heterocycles. The van der Waals surface area contributed by atoms with Crippen molar-refractivity contribution in [3.63, 3.8) is 0 Å². The van der Waals surface area contributed by atoms with Crippen LogP contribution in [-0.4, -0.2) is 24.7 Å². The van der Waals surface area contributed by atoms with E-state index in [2.05, 4.69) is 6.26 Å². The summed E-state index contributed by atoms with van der Waals surface area (Å²) in [5.74, 6) is 1.02. The van der Waals surface area contributed by atoms with Crippen LogP contribution in [0.5, 0.6) is 0 Å². The Balaban J connectivity index is 0.00000144. The molecule has 1 amide bonds. The van der Waals surface area contributed by atoms with Gasteiger partial charge in [-0.2, -0.15) is 6.07 Å². The third kappa shape index (κ3) is 4.26. The van der Waals surface area contributed by atoms with Gasteiger partial charge < -0.3 is 9.23 Å². The smallest absolute Gasteiger partial charge is 0.230 e. The second-order valence-corrected chi connectivity index (χ2v) is 4.26. The summed E-state index contributed by atoms with van der Waals surface area (Å²) >= 11 is 0. The van der Waals surface area contributed by atoms with Crippen LogP contribution in [0.3, 0.4) is 0 Å². The summed E-state index contributed by atoms with van der Waals surface area (Å²) in [5.41, 5.74) is 0. The zero-order valence-electron chi connectivity index (χ0n) is 9.89. The van der Waals surface area contributed by atoms with Crippen LogP contribution in [0.4, 0.5) is 0 Å². The Bertz CT molecular complexity index is 342. The second kappa shape index (κ2) is 7.37. The van der Waals surface area contributed by atoms with Crippen LogP contribution in [0, 0.1) is 6.26 Å². The topological polar surface area (TPSA) is 33.5 Å². The van der Waals surface area contributed by atoms with Gasteiger partial charge in [-0.25, -0.2) is 0 Å². The summed E-state index contributed by atoms with van der Waals surface area (Å²) in [4.78, 5) is 12.8. The van der Waals surface area contributed by atoms with Crippen LogP contribution < -0.4 is 0 Å². The number of aryl methyl sites for hydroxylation is 1. The van der Waals surface area contributed by atoms with Gasteiger partial charge in [0.1, 0.15) is 0 Å². The Kier molecular flexibility index (Phi) is 6.50. The molecule has 2 heterocycles. The molecule has 2 rings (SSSR count). The van der Waals surface area contributed by atoms with E-state index in [1.807, 2.05) is 6.07 Å². The van der Waals surface area contributed by atoms with Crippen molar-refractivity contribution in [3.05, 3.63) is 24.2 Å². The second-order valence-electron chi connectivity index (χ2n) is 4.26. The Labute approximate surface area is 129 Å². The first-order valence-corrected chi connectivity index (χ1v) is 5.79. The first kappa shape index (κ1) is 15.0. The number of rotatable bonds is 4. The van der Waals surface area contributed by atoms with E-state index in [0.717, 1.165) is 37.9 Å².